The molecule has 0 saturated heterocycles. The van der Waals surface area contributed by atoms with Crippen LogP contribution in [0.5, 0.6) is 5.75 Å². The van der Waals surface area contributed by atoms with E-state index in [1.54, 1.807) is 6.92 Å². The molecule has 0 aliphatic heterocycles. The summed E-state index contributed by atoms with van der Waals surface area (Å²) in [6, 6.07) is 2.58. The summed E-state index contributed by atoms with van der Waals surface area (Å²) >= 11 is 12.1. The molecule has 2 heterocycles. The molecule has 3 aromatic rings. The summed E-state index contributed by atoms with van der Waals surface area (Å²) in [5.74, 6) is -0.329. The molecular formula is C16H13Cl2FN2O3. The average Bonchev–Trinajstić information content (AvgIpc) is 2.97. The number of ether oxygens (including phenoxy) is 1. The first-order valence-electron chi connectivity index (χ1n) is 6.99. The fourth-order valence-electron chi connectivity index (χ4n) is 2.42. The molecule has 2 aromatic heterocycles. The van der Waals surface area contributed by atoms with Crippen molar-refractivity contribution < 1.29 is 18.7 Å². The first-order chi connectivity index (χ1) is 11.4. The van der Waals surface area contributed by atoms with Crippen LogP contribution in [-0.4, -0.2) is 10.1 Å². The van der Waals surface area contributed by atoms with E-state index in [1.165, 1.54) is 24.6 Å². The van der Waals surface area contributed by atoms with E-state index in [4.69, 9.17) is 38.1 Å². The van der Waals surface area contributed by atoms with E-state index in [2.05, 4.69) is 4.98 Å². The summed E-state index contributed by atoms with van der Waals surface area (Å²) in [6.07, 6.45) is 2.17. The van der Waals surface area contributed by atoms with Crippen LogP contribution in [0.1, 0.15) is 24.2 Å². The van der Waals surface area contributed by atoms with Crippen molar-refractivity contribution in [1.82, 2.24) is 4.98 Å². The highest BCUT2D eigenvalue weighted by Crippen LogP contribution is 2.39. The summed E-state index contributed by atoms with van der Waals surface area (Å²) in [5.41, 5.74) is 7.05. The maximum absolute atomic E-state index is 13.7. The predicted molar refractivity (Wildman–Crippen MR) is 89.8 cm³/mol. The van der Waals surface area contributed by atoms with Gasteiger partial charge in [0, 0.05) is 27.7 Å². The lowest BCUT2D eigenvalue weighted by molar-refractivity contribution is 0.227. The Kier molecular flexibility index (Phi) is 4.54. The van der Waals surface area contributed by atoms with Crippen molar-refractivity contribution in [2.24, 2.45) is 0 Å². The molecule has 1 atom stereocenters. The lowest BCUT2D eigenvalue weighted by Crippen LogP contribution is -2.08. The van der Waals surface area contributed by atoms with Crippen LogP contribution in [0.25, 0.3) is 11.0 Å². The Labute approximate surface area is 146 Å². The molecule has 0 fully saturated rings. The molecule has 0 spiro atoms. The van der Waals surface area contributed by atoms with Crippen molar-refractivity contribution in [2.45, 2.75) is 19.6 Å². The lowest BCUT2D eigenvalue weighted by atomic mass is 10.1. The van der Waals surface area contributed by atoms with Crippen molar-refractivity contribution in [3.8, 4) is 5.75 Å². The molecule has 8 heteroatoms. The van der Waals surface area contributed by atoms with Crippen LogP contribution in [-0.2, 0) is 6.61 Å². The van der Waals surface area contributed by atoms with Gasteiger partial charge in [0.1, 0.15) is 11.9 Å². The minimum Gasteiger partial charge on any atom is -0.478 e. The highest BCUT2D eigenvalue weighted by molar-refractivity contribution is 6.36. The van der Waals surface area contributed by atoms with E-state index in [0.29, 0.717) is 22.1 Å². The molecule has 126 valence electrons. The number of fused-ring (bicyclic) bond motifs is 1. The Morgan fingerprint density at radius 1 is 1.42 bits per heavy atom. The smallest absolute Gasteiger partial charge is 0.205 e. The number of nitrogens with zero attached hydrogens (tertiary/aromatic N) is 1. The van der Waals surface area contributed by atoms with Crippen molar-refractivity contribution in [3.05, 3.63) is 51.6 Å². The molecule has 0 bridgehead atoms. The van der Waals surface area contributed by atoms with Crippen LogP contribution in [0, 0.1) is 5.82 Å². The third-order valence-corrected chi connectivity index (χ3v) is 4.35. The quantitative estimate of drug-likeness (QED) is 0.661. The molecular weight excluding hydrogens is 358 g/mol. The first kappa shape index (κ1) is 16.8. The van der Waals surface area contributed by atoms with E-state index in [9.17, 15) is 9.50 Å². The second-order valence-electron chi connectivity index (χ2n) is 5.15. The van der Waals surface area contributed by atoms with Crippen LogP contribution < -0.4 is 10.5 Å². The van der Waals surface area contributed by atoms with Gasteiger partial charge in [-0.25, -0.2) is 9.37 Å². The highest BCUT2D eigenvalue weighted by Gasteiger charge is 2.22. The number of hydrogen-bond acceptors (Lipinski definition) is 5. The highest BCUT2D eigenvalue weighted by atomic mass is 35.5. The molecule has 24 heavy (non-hydrogen) atoms. The Bertz CT molecular complexity index is 914. The van der Waals surface area contributed by atoms with Gasteiger partial charge in [-0.3, -0.25) is 0 Å². The van der Waals surface area contributed by atoms with Crippen molar-refractivity contribution in [1.29, 1.82) is 0 Å². The standard InChI is InChI=1S/C16H13Cl2FN2O3/c1-7(12-10(17)2-3-11(19)13(12)18)24-15-14-9(4-21-16(15)20)8(5-22)6-23-14/h2-4,6-7,22H,5H2,1H3,(H2,20,21)/t7-/m1/s1. The van der Waals surface area contributed by atoms with Gasteiger partial charge in [0.25, 0.3) is 0 Å². The van der Waals surface area contributed by atoms with Gasteiger partial charge in [0.2, 0.25) is 5.75 Å². The SMILES string of the molecule is C[C@@H](Oc1c(N)ncc2c(CO)coc12)c1c(Cl)ccc(F)c1Cl. The average molecular weight is 371 g/mol. The Hall–Kier alpha value is -2.02. The van der Waals surface area contributed by atoms with Crippen LogP contribution in [0.15, 0.2) is 29.0 Å². The number of hydrogen-bond donors (Lipinski definition) is 2. The summed E-state index contributed by atoms with van der Waals surface area (Å²) in [5, 5.41) is 10.0. The second kappa shape index (κ2) is 6.47. The summed E-state index contributed by atoms with van der Waals surface area (Å²) in [6.45, 7) is 1.44. The van der Waals surface area contributed by atoms with E-state index in [-0.39, 0.29) is 28.2 Å². The van der Waals surface area contributed by atoms with Crippen LogP contribution in [0.4, 0.5) is 10.2 Å². The van der Waals surface area contributed by atoms with Crippen LogP contribution >= 0.6 is 23.2 Å². The number of nitrogens with two attached hydrogens (primary N) is 1. The number of halogens is 3. The maximum Gasteiger partial charge on any atom is 0.205 e. The number of aliphatic hydroxyl groups is 1. The molecule has 0 amide bonds. The van der Waals surface area contributed by atoms with Gasteiger partial charge in [0.15, 0.2) is 11.4 Å². The van der Waals surface area contributed by atoms with Crippen LogP contribution in [0.2, 0.25) is 10.0 Å². The number of nitrogen functional groups attached to an aromatic ring is 1. The zero-order chi connectivity index (χ0) is 17.4. The van der Waals surface area contributed by atoms with Crippen LogP contribution in [0.3, 0.4) is 0 Å². The maximum atomic E-state index is 13.7. The first-order valence-corrected chi connectivity index (χ1v) is 7.75. The molecule has 0 aliphatic rings. The van der Waals surface area contributed by atoms with Crippen molar-refractivity contribution in [2.75, 3.05) is 5.73 Å². The molecule has 0 aliphatic carbocycles. The summed E-state index contributed by atoms with van der Waals surface area (Å²) in [4.78, 5) is 4.04. The number of aromatic nitrogens is 1. The number of anilines is 1. The Morgan fingerprint density at radius 2 is 2.17 bits per heavy atom. The molecule has 3 N–H and O–H groups in total. The Balaban J connectivity index is 2.06. The van der Waals surface area contributed by atoms with E-state index in [1.807, 2.05) is 0 Å². The number of benzene rings is 1. The van der Waals surface area contributed by atoms with Gasteiger partial charge in [-0.05, 0) is 19.1 Å². The minimum atomic E-state index is -0.710. The van der Waals surface area contributed by atoms with Gasteiger partial charge in [-0.2, -0.15) is 0 Å². The molecule has 0 saturated carbocycles. The summed E-state index contributed by atoms with van der Waals surface area (Å²) in [7, 11) is 0. The molecule has 3 rings (SSSR count). The molecule has 1 aromatic carbocycles. The number of furan rings is 1. The monoisotopic (exact) mass is 370 g/mol. The topological polar surface area (TPSA) is 81.5 Å². The van der Waals surface area contributed by atoms with E-state index < -0.39 is 11.9 Å². The van der Waals surface area contributed by atoms with Gasteiger partial charge < -0.3 is 20.0 Å². The van der Waals surface area contributed by atoms with Gasteiger partial charge in [-0.1, -0.05) is 23.2 Å². The number of aliphatic hydroxyl groups excluding tert-OH is 1. The minimum absolute atomic E-state index is 0.0943. The molecule has 0 unspecified atom stereocenters. The normalized spacial score (nSPS) is 12.5. The van der Waals surface area contributed by atoms with Gasteiger partial charge in [-0.15, -0.1) is 0 Å². The third kappa shape index (κ3) is 2.77. The number of rotatable bonds is 4. The van der Waals surface area contributed by atoms with E-state index in [0.717, 1.165) is 0 Å². The molecule has 5 nitrogen and oxygen atoms in total. The second-order valence-corrected chi connectivity index (χ2v) is 5.94. The lowest BCUT2D eigenvalue weighted by Gasteiger charge is -2.18. The molecule has 0 radical (unpaired) electrons. The predicted octanol–water partition coefficient (Wildman–Crippen LogP) is 4.49. The fraction of sp³-hybridized carbons (Fsp3) is 0.188. The largest absolute Gasteiger partial charge is 0.478 e. The van der Waals surface area contributed by atoms with E-state index >= 15 is 0 Å². The van der Waals surface area contributed by atoms with Crippen molar-refractivity contribution in [3.63, 3.8) is 0 Å². The third-order valence-electron chi connectivity index (χ3n) is 3.63. The van der Waals surface area contributed by atoms with Crippen molar-refractivity contribution >= 4 is 40.0 Å². The number of pyridine rings is 1. The Morgan fingerprint density at radius 3 is 2.88 bits per heavy atom. The zero-order valence-corrected chi connectivity index (χ0v) is 14.0. The summed E-state index contributed by atoms with van der Waals surface area (Å²) < 4.78 is 25.0. The fourth-order valence-corrected chi connectivity index (χ4v) is 3.09. The van der Waals surface area contributed by atoms with Gasteiger partial charge in [0.05, 0.1) is 17.9 Å². The van der Waals surface area contributed by atoms with Gasteiger partial charge >= 0.3 is 0 Å². The zero-order valence-electron chi connectivity index (χ0n) is 12.5.